The van der Waals surface area contributed by atoms with E-state index in [1.54, 1.807) is 6.07 Å². The van der Waals surface area contributed by atoms with Crippen LogP contribution >= 0.6 is 15.9 Å². The third-order valence-electron chi connectivity index (χ3n) is 2.09. The molecule has 14 heavy (non-hydrogen) atoms. The molecular weight excluding hydrogens is 257 g/mol. The van der Waals surface area contributed by atoms with Crippen LogP contribution in [0, 0.1) is 0 Å². The van der Waals surface area contributed by atoms with E-state index in [0.29, 0.717) is 12.0 Å². The maximum Gasteiger partial charge on any atom is 0.416 e. The third-order valence-corrected chi connectivity index (χ3v) is 2.65. The second-order valence-electron chi connectivity index (χ2n) is 2.93. The van der Waals surface area contributed by atoms with E-state index in [2.05, 4.69) is 15.9 Å². The highest BCUT2D eigenvalue weighted by Gasteiger charge is 2.33. The molecule has 4 heteroatoms. The van der Waals surface area contributed by atoms with Crippen molar-refractivity contribution < 1.29 is 13.2 Å². The van der Waals surface area contributed by atoms with Crippen LogP contribution in [-0.2, 0) is 17.9 Å². The van der Waals surface area contributed by atoms with E-state index in [1.165, 1.54) is 6.07 Å². The molecule has 0 heterocycles. The summed E-state index contributed by atoms with van der Waals surface area (Å²) in [5.41, 5.74) is 0.563. The highest BCUT2D eigenvalue weighted by Crippen LogP contribution is 2.34. The topological polar surface area (TPSA) is 0 Å². The van der Waals surface area contributed by atoms with E-state index in [4.69, 9.17) is 0 Å². The first-order chi connectivity index (χ1) is 6.50. The molecule has 0 saturated carbocycles. The fourth-order valence-electron chi connectivity index (χ4n) is 1.39. The van der Waals surface area contributed by atoms with Gasteiger partial charge in [-0.05, 0) is 23.6 Å². The van der Waals surface area contributed by atoms with Crippen molar-refractivity contribution in [1.29, 1.82) is 0 Å². The number of halogens is 4. The Bertz CT molecular complexity index is 318. The van der Waals surface area contributed by atoms with Gasteiger partial charge in [0, 0.05) is 5.33 Å². The van der Waals surface area contributed by atoms with E-state index in [1.807, 2.05) is 6.92 Å². The van der Waals surface area contributed by atoms with Gasteiger partial charge in [-0.25, -0.2) is 0 Å². The summed E-state index contributed by atoms with van der Waals surface area (Å²) < 4.78 is 37.6. The average Bonchev–Trinajstić information content (AvgIpc) is 2.15. The van der Waals surface area contributed by atoms with Crippen LogP contribution in [0.25, 0.3) is 0 Å². The van der Waals surface area contributed by atoms with Gasteiger partial charge in [-0.2, -0.15) is 13.2 Å². The number of rotatable bonds is 2. The summed E-state index contributed by atoms with van der Waals surface area (Å²) in [6, 6.07) is 4.30. The number of hydrogen-bond donors (Lipinski definition) is 0. The van der Waals surface area contributed by atoms with Crippen LogP contribution in [0.4, 0.5) is 13.2 Å². The van der Waals surface area contributed by atoms with Crippen molar-refractivity contribution in [3.05, 3.63) is 34.9 Å². The Kier molecular flexibility index (Phi) is 3.59. The minimum absolute atomic E-state index is 0.242. The van der Waals surface area contributed by atoms with E-state index in [9.17, 15) is 13.2 Å². The zero-order valence-corrected chi connectivity index (χ0v) is 9.24. The lowest BCUT2D eigenvalue weighted by Gasteiger charge is -2.14. The zero-order valence-electron chi connectivity index (χ0n) is 7.66. The summed E-state index contributed by atoms with van der Waals surface area (Å²) in [4.78, 5) is 0. The van der Waals surface area contributed by atoms with Gasteiger partial charge in [0.15, 0.2) is 0 Å². The Morgan fingerprint density at radius 2 is 1.93 bits per heavy atom. The van der Waals surface area contributed by atoms with Crippen molar-refractivity contribution in [2.24, 2.45) is 0 Å². The summed E-state index contributed by atoms with van der Waals surface area (Å²) >= 11 is 3.09. The lowest BCUT2D eigenvalue weighted by Crippen LogP contribution is -2.10. The summed E-state index contributed by atoms with van der Waals surface area (Å²) in [7, 11) is 0. The summed E-state index contributed by atoms with van der Waals surface area (Å²) in [6.07, 6.45) is -3.64. The maximum absolute atomic E-state index is 12.5. The van der Waals surface area contributed by atoms with Gasteiger partial charge >= 0.3 is 6.18 Å². The standard InChI is InChI=1S/C10H10BrF3/c1-2-7-4-3-5-9(8(7)6-11)10(12,13)14/h3-5H,2,6H2,1H3. The van der Waals surface area contributed by atoms with E-state index >= 15 is 0 Å². The molecule has 78 valence electrons. The Labute approximate surface area is 89.3 Å². The SMILES string of the molecule is CCc1cccc(C(F)(F)F)c1CBr. The third kappa shape index (κ3) is 2.29. The van der Waals surface area contributed by atoms with Gasteiger partial charge in [0.1, 0.15) is 0 Å². The second-order valence-corrected chi connectivity index (χ2v) is 3.49. The minimum Gasteiger partial charge on any atom is -0.166 e. The lowest BCUT2D eigenvalue weighted by molar-refractivity contribution is -0.138. The highest BCUT2D eigenvalue weighted by atomic mass is 79.9. The number of hydrogen-bond acceptors (Lipinski definition) is 0. The maximum atomic E-state index is 12.5. The molecule has 0 aliphatic rings. The van der Waals surface area contributed by atoms with E-state index in [0.717, 1.165) is 11.6 Å². The van der Waals surface area contributed by atoms with Crippen LogP contribution < -0.4 is 0 Å². The molecule has 0 aliphatic carbocycles. The Morgan fingerprint density at radius 1 is 1.29 bits per heavy atom. The van der Waals surface area contributed by atoms with Crippen LogP contribution in [-0.4, -0.2) is 0 Å². The second kappa shape index (κ2) is 4.34. The predicted octanol–water partition coefficient (Wildman–Crippen LogP) is 4.16. The van der Waals surface area contributed by atoms with Crippen molar-refractivity contribution >= 4 is 15.9 Å². The molecule has 1 aromatic carbocycles. The molecule has 0 bridgehead atoms. The van der Waals surface area contributed by atoms with Crippen LogP contribution in [0.1, 0.15) is 23.6 Å². The van der Waals surface area contributed by atoms with Crippen LogP contribution in [0.5, 0.6) is 0 Å². The van der Waals surface area contributed by atoms with Gasteiger partial charge < -0.3 is 0 Å². The lowest BCUT2D eigenvalue weighted by atomic mass is 10.0. The molecular formula is C10H10BrF3. The Morgan fingerprint density at radius 3 is 2.36 bits per heavy atom. The quantitative estimate of drug-likeness (QED) is 0.706. The molecule has 0 radical (unpaired) electrons. The zero-order chi connectivity index (χ0) is 10.8. The largest absolute Gasteiger partial charge is 0.416 e. The molecule has 0 saturated heterocycles. The van der Waals surface area contributed by atoms with Crippen molar-refractivity contribution in [2.45, 2.75) is 24.9 Å². The van der Waals surface area contributed by atoms with E-state index < -0.39 is 11.7 Å². The van der Waals surface area contributed by atoms with Gasteiger partial charge in [-0.3, -0.25) is 0 Å². The molecule has 0 unspecified atom stereocenters. The number of alkyl halides is 4. The Balaban J connectivity index is 3.29. The monoisotopic (exact) mass is 266 g/mol. The highest BCUT2D eigenvalue weighted by molar-refractivity contribution is 9.08. The van der Waals surface area contributed by atoms with Crippen molar-refractivity contribution in [2.75, 3.05) is 0 Å². The first kappa shape index (κ1) is 11.6. The van der Waals surface area contributed by atoms with E-state index in [-0.39, 0.29) is 5.33 Å². The molecule has 0 N–H and O–H groups in total. The normalized spacial score (nSPS) is 11.8. The predicted molar refractivity (Wildman–Crippen MR) is 53.5 cm³/mol. The number of benzene rings is 1. The smallest absolute Gasteiger partial charge is 0.166 e. The first-order valence-electron chi connectivity index (χ1n) is 4.24. The molecule has 0 atom stereocenters. The van der Waals surface area contributed by atoms with Gasteiger partial charge in [-0.1, -0.05) is 35.0 Å². The van der Waals surface area contributed by atoms with Crippen LogP contribution in [0.15, 0.2) is 18.2 Å². The van der Waals surface area contributed by atoms with Gasteiger partial charge in [-0.15, -0.1) is 0 Å². The minimum atomic E-state index is -4.26. The van der Waals surface area contributed by atoms with Crippen LogP contribution in [0.3, 0.4) is 0 Å². The molecule has 0 spiro atoms. The summed E-state index contributed by atoms with van der Waals surface area (Å²) in [5.74, 6) is 0. The molecule has 1 aromatic rings. The average molecular weight is 267 g/mol. The van der Waals surface area contributed by atoms with Gasteiger partial charge in [0.2, 0.25) is 0 Å². The van der Waals surface area contributed by atoms with Crippen molar-refractivity contribution in [3.8, 4) is 0 Å². The molecule has 0 aromatic heterocycles. The van der Waals surface area contributed by atoms with Crippen LogP contribution in [0.2, 0.25) is 0 Å². The first-order valence-corrected chi connectivity index (χ1v) is 5.36. The molecule has 0 nitrogen and oxygen atoms in total. The fraction of sp³-hybridized carbons (Fsp3) is 0.400. The van der Waals surface area contributed by atoms with Crippen molar-refractivity contribution in [1.82, 2.24) is 0 Å². The number of aryl methyl sites for hydroxylation is 1. The summed E-state index contributed by atoms with van der Waals surface area (Å²) in [5, 5.41) is 0.242. The van der Waals surface area contributed by atoms with Gasteiger partial charge in [0.25, 0.3) is 0 Å². The Hall–Kier alpha value is -0.510. The molecule has 0 aliphatic heterocycles. The van der Waals surface area contributed by atoms with Gasteiger partial charge in [0.05, 0.1) is 5.56 Å². The fourth-order valence-corrected chi connectivity index (χ4v) is 2.05. The molecule has 0 amide bonds. The molecule has 1 rings (SSSR count). The molecule has 0 fully saturated rings. The van der Waals surface area contributed by atoms with Crippen molar-refractivity contribution in [3.63, 3.8) is 0 Å². The summed E-state index contributed by atoms with van der Waals surface area (Å²) in [6.45, 7) is 1.85.